The third-order valence-corrected chi connectivity index (χ3v) is 2.87. The summed E-state index contributed by atoms with van der Waals surface area (Å²) in [4.78, 5) is 12.1. The molecule has 0 unspecified atom stereocenters. The van der Waals surface area contributed by atoms with Crippen LogP contribution in [-0.2, 0) is 0 Å². The van der Waals surface area contributed by atoms with E-state index in [1.54, 1.807) is 12.1 Å². The van der Waals surface area contributed by atoms with Gasteiger partial charge in [-0.2, -0.15) is 5.10 Å². The van der Waals surface area contributed by atoms with E-state index in [9.17, 15) is 4.79 Å². The van der Waals surface area contributed by atoms with Crippen molar-refractivity contribution in [2.45, 2.75) is 20.8 Å². The quantitative estimate of drug-likeness (QED) is 0.731. The fraction of sp³-hybridized carbons (Fsp3) is 0.231. The summed E-state index contributed by atoms with van der Waals surface area (Å²) in [6, 6.07) is 9.20. The van der Waals surface area contributed by atoms with Crippen LogP contribution < -0.4 is 0 Å². The molecule has 0 aliphatic heterocycles. The van der Waals surface area contributed by atoms with E-state index >= 15 is 0 Å². The van der Waals surface area contributed by atoms with E-state index < -0.39 is 0 Å². The molecule has 3 nitrogen and oxygen atoms in total. The zero-order chi connectivity index (χ0) is 11.7. The fourth-order valence-electron chi connectivity index (χ4n) is 1.62. The van der Waals surface area contributed by atoms with E-state index in [0.29, 0.717) is 5.56 Å². The maximum Gasteiger partial charge on any atom is 0.278 e. The standard InChI is InChI=1S/C13H14N2O/c1-9-10(2)14-15(11(9)3)13(16)12-7-5-4-6-8-12/h4-8H,1-3H3. The molecule has 0 aliphatic carbocycles. The van der Waals surface area contributed by atoms with Gasteiger partial charge in [-0.3, -0.25) is 4.79 Å². The third-order valence-electron chi connectivity index (χ3n) is 2.87. The van der Waals surface area contributed by atoms with Crippen LogP contribution in [0.3, 0.4) is 0 Å². The van der Waals surface area contributed by atoms with E-state index in [1.807, 2.05) is 39.0 Å². The van der Waals surface area contributed by atoms with Gasteiger partial charge in [0.15, 0.2) is 0 Å². The molecule has 1 heterocycles. The third kappa shape index (κ3) is 1.65. The van der Waals surface area contributed by atoms with Crippen LogP contribution in [0.25, 0.3) is 0 Å². The molecular weight excluding hydrogens is 200 g/mol. The topological polar surface area (TPSA) is 34.9 Å². The van der Waals surface area contributed by atoms with E-state index in [2.05, 4.69) is 5.10 Å². The fourth-order valence-corrected chi connectivity index (χ4v) is 1.62. The number of nitrogens with zero attached hydrogens (tertiary/aromatic N) is 2. The smallest absolute Gasteiger partial charge is 0.267 e. The Bertz CT molecular complexity index is 526. The highest BCUT2D eigenvalue weighted by molar-refractivity contribution is 5.95. The number of carbonyl (C=O) groups is 1. The summed E-state index contributed by atoms with van der Waals surface area (Å²) >= 11 is 0. The minimum absolute atomic E-state index is 0.0747. The number of aryl methyl sites for hydroxylation is 1. The Hall–Kier alpha value is -1.90. The highest BCUT2D eigenvalue weighted by Crippen LogP contribution is 2.12. The Balaban J connectivity index is 2.46. The van der Waals surface area contributed by atoms with Gasteiger partial charge in [0.25, 0.3) is 5.91 Å². The van der Waals surface area contributed by atoms with Gasteiger partial charge in [0, 0.05) is 11.3 Å². The molecular formula is C13H14N2O. The summed E-state index contributed by atoms with van der Waals surface area (Å²) in [6.45, 7) is 5.81. The molecule has 2 rings (SSSR count). The molecule has 0 aliphatic rings. The first kappa shape index (κ1) is 10.6. The Morgan fingerprint density at radius 1 is 1.12 bits per heavy atom. The predicted molar refractivity (Wildman–Crippen MR) is 62.6 cm³/mol. The largest absolute Gasteiger partial charge is 0.278 e. The molecule has 0 spiro atoms. The number of benzene rings is 1. The lowest BCUT2D eigenvalue weighted by molar-refractivity contribution is 0.0942. The molecule has 0 N–H and O–H groups in total. The van der Waals surface area contributed by atoms with Crippen LogP contribution in [0.2, 0.25) is 0 Å². The average Bonchev–Trinajstić information content (AvgIpc) is 2.57. The van der Waals surface area contributed by atoms with Crippen molar-refractivity contribution in [2.24, 2.45) is 0 Å². The first-order valence-electron chi connectivity index (χ1n) is 5.24. The van der Waals surface area contributed by atoms with Gasteiger partial charge in [-0.15, -0.1) is 0 Å². The van der Waals surface area contributed by atoms with Crippen LogP contribution in [0, 0.1) is 20.8 Å². The highest BCUT2D eigenvalue weighted by atomic mass is 16.2. The van der Waals surface area contributed by atoms with Gasteiger partial charge in [0.05, 0.1) is 5.69 Å². The van der Waals surface area contributed by atoms with E-state index in [-0.39, 0.29) is 5.91 Å². The number of rotatable bonds is 1. The van der Waals surface area contributed by atoms with E-state index in [1.165, 1.54) is 4.68 Å². The normalized spacial score (nSPS) is 10.4. The number of carbonyl (C=O) groups excluding carboxylic acids is 1. The maximum absolute atomic E-state index is 12.1. The van der Waals surface area contributed by atoms with Crippen molar-refractivity contribution < 1.29 is 4.79 Å². The zero-order valence-electron chi connectivity index (χ0n) is 9.69. The molecule has 0 saturated heterocycles. The summed E-state index contributed by atoms with van der Waals surface area (Å²) in [7, 11) is 0. The lowest BCUT2D eigenvalue weighted by atomic mass is 10.2. The SMILES string of the molecule is Cc1nn(C(=O)c2ccccc2)c(C)c1C. The van der Waals surface area contributed by atoms with Crippen LogP contribution >= 0.6 is 0 Å². The maximum atomic E-state index is 12.1. The van der Waals surface area contributed by atoms with Crippen LogP contribution in [-0.4, -0.2) is 15.7 Å². The average molecular weight is 214 g/mol. The van der Waals surface area contributed by atoms with Crippen LogP contribution in [0.5, 0.6) is 0 Å². The molecule has 82 valence electrons. The second kappa shape index (κ2) is 3.93. The summed E-state index contributed by atoms with van der Waals surface area (Å²) in [5.41, 5.74) is 3.55. The van der Waals surface area contributed by atoms with Crippen molar-refractivity contribution >= 4 is 5.91 Å². The Kier molecular flexibility index (Phi) is 2.60. The molecule has 0 atom stereocenters. The van der Waals surface area contributed by atoms with Gasteiger partial charge < -0.3 is 0 Å². The molecule has 3 heteroatoms. The second-order valence-electron chi connectivity index (χ2n) is 3.88. The predicted octanol–water partition coefficient (Wildman–Crippen LogP) is 2.50. The van der Waals surface area contributed by atoms with Crippen molar-refractivity contribution in [1.82, 2.24) is 9.78 Å². The first-order chi connectivity index (χ1) is 7.61. The number of hydrogen-bond acceptors (Lipinski definition) is 2. The molecule has 2 aromatic rings. The molecule has 16 heavy (non-hydrogen) atoms. The highest BCUT2D eigenvalue weighted by Gasteiger charge is 2.14. The van der Waals surface area contributed by atoms with E-state index in [0.717, 1.165) is 17.0 Å². The molecule has 0 radical (unpaired) electrons. The molecule has 0 bridgehead atoms. The van der Waals surface area contributed by atoms with Crippen molar-refractivity contribution in [3.63, 3.8) is 0 Å². The van der Waals surface area contributed by atoms with Crippen molar-refractivity contribution in [3.05, 3.63) is 52.8 Å². The Labute approximate surface area is 94.7 Å². The lowest BCUT2D eigenvalue weighted by Gasteiger charge is -2.02. The van der Waals surface area contributed by atoms with Crippen LogP contribution in [0.4, 0.5) is 0 Å². The van der Waals surface area contributed by atoms with Crippen molar-refractivity contribution in [2.75, 3.05) is 0 Å². The summed E-state index contributed by atoms with van der Waals surface area (Å²) < 4.78 is 1.47. The van der Waals surface area contributed by atoms with Crippen molar-refractivity contribution in [3.8, 4) is 0 Å². The van der Waals surface area contributed by atoms with Gasteiger partial charge in [-0.25, -0.2) is 4.68 Å². The second-order valence-corrected chi connectivity index (χ2v) is 3.88. The summed E-state index contributed by atoms with van der Waals surface area (Å²) in [5, 5.41) is 4.25. The minimum atomic E-state index is -0.0747. The molecule has 0 amide bonds. The number of aromatic nitrogens is 2. The van der Waals surface area contributed by atoms with Crippen LogP contribution in [0.15, 0.2) is 30.3 Å². The zero-order valence-corrected chi connectivity index (χ0v) is 9.69. The molecule has 1 aromatic heterocycles. The minimum Gasteiger partial charge on any atom is -0.267 e. The number of hydrogen-bond donors (Lipinski definition) is 0. The molecule has 1 aromatic carbocycles. The Morgan fingerprint density at radius 2 is 1.75 bits per heavy atom. The van der Waals surface area contributed by atoms with Gasteiger partial charge in [-0.1, -0.05) is 18.2 Å². The van der Waals surface area contributed by atoms with Gasteiger partial charge in [0.2, 0.25) is 0 Å². The van der Waals surface area contributed by atoms with Crippen molar-refractivity contribution in [1.29, 1.82) is 0 Å². The summed E-state index contributed by atoms with van der Waals surface area (Å²) in [5.74, 6) is -0.0747. The van der Waals surface area contributed by atoms with Gasteiger partial charge >= 0.3 is 0 Å². The van der Waals surface area contributed by atoms with Crippen LogP contribution in [0.1, 0.15) is 27.3 Å². The monoisotopic (exact) mass is 214 g/mol. The molecule has 0 saturated carbocycles. The first-order valence-corrected chi connectivity index (χ1v) is 5.24. The van der Waals surface area contributed by atoms with Gasteiger partial charge in [0.1, 0.15) is 0 Å². The lowest BCUT2D eigenvalue weighted by Crippen LogP contribution is -2.15. The summed E-state index contributed by atoms with van der Waals surface area (Å²) in [6.07, 6.45) is 0. The van der Waals surface area contributed by atoms with Gasteiger partial charge in [-0.05, 0) is 38.5 Å². The Morgan fingerprint density at radius 3 is 2.25 bits per heavy atom. The molecule has 0 fully saturated rings. The van der Waals surface area contributed by atoms with E-state index in [4.69, 9.17) is 0 Å².